The summed E-state index contributed by atoms with van der Waals surface area (Å²) < 4.78 is 0. The van der Waals surface area contributed by atoms with Crippen LogP contribution in [0.3, 0.4) is 0 Å². The molecule has 1 aromatic heterocycles. The second-order valence-corrected chi connectivity index (χ2v) is 5.12. The number of imidazole rings is 1. The van der Waals surface area contributed by atoms with Crippen LogP contribution in [0.2, 0.25) is 0 Å². The van der Waals surface area contributed by atoms with Crippen molar-refractivity contribution in [2.75, 3.05) is 5.75 Å². The van der Waals surface area contributed by atoms with Crippen molar-refractivity contribution in [1.29, 1.82) is 0 Å². The van der Waals surface area contributed by atoms with E-state index < -0.39 is 5.97 Å². The van der Waals surface area contributed by atoms with Gasteiger partial charge in [0.2, 0.25) is 0 Å². The van der Waals surface area contributed by atoms with Crippen molar-refractivity contribution >= 4 is 17.7 Å². The number of rotatable bonds is 4. The first-order valence-electron chi connectivity index (χ1n) is 5.53. The van der Waals surface area contributed by atoms with Crippen molar-refractivity contribution in [3.63, 3.8) is 0 Å². The maximum Gasteiger partial charge on any atom is 0.313 e. The van der Waals surface area contributed by atoms with Gasteiger partial charge in [-0.25, -0.2) is 4.98 Å². The molecular weight excluding hydrogens is 248 g/mol. The number of thioether (sulfide) groups is 1. The number of aliphatic carboxylic acids is 1. The fraction of sp³-hybridized carbons (Fsp3) is 0.231. The smallest absolute Gasteiger partial charge is 0.313 e. The molecule has 1 aromatic carbocycles. The Morgan fingerprint density at radius 2 is 2.00 bits per heavy atom. The van der Waals surface area contributed by atoms with Gasteiger partial charge in [0.05, 0.1) is 17.6 Å². The lowest BCUT2D eigenvalue weighted by molar-refractivity contribution is -0.133. The molecule has 2 aromatic rings. The number of carboxylic acid groups (broad SMARTS) is 1. The van der Waals surface area contributed by atoms with Crippen LogP contribution >= 0.6 is 11.8 Å². The van der Waals surface area contributed by atoms with Gasteiger partial charge in [-0.2, -0.15) is 0 Å². The molecule has 0 aliphatic heterocycles. The number of hydrogen-bond donors (Lipinski definition) is 2. The molecule has 2 rings (SSSR count). The molecule has 0 amide bonds. The van der Waals surface area contributed by atoms with Crippen LogP contribution in [0.4, 0.5) is 0 Å². The lowest BCUT2D eigenvalue weighted by Crippen LogP contribution is -1.97. The molecule has 0 saturated carbocycles. The monoisotopic (exact) mass is 262 g/mol. The van der Waals surface area contributed by atoms with E-state index in [0.29, 0.717) is 5.16 Å². The van der Waals surface area contributed by atoms with E-state index >= 15 is 0 Å². The Kier molecular flexibility index (Phi) is 3.72. The molecule has 1 heterocycles. The van der Waals surface area contributed by atoms with Crippen molar-refractivity contribution in [2.45, 2.75) is 19.0 Å². The summed E-state index contributed by atoms with van der Waals surface area (Å²) in [7, 11) is 0. The number of benzene rings is 1. The minimum Gasteiger partial charge on any atom is -0.481 e. The molecular formula is C13H14N2O2S. The predicted molar refractivity (Wildman–Crippen MR) is 71.9 cm³/mol. The molecule has 5 heteroatoms. The fourth-order valence-electron chi connectivity index (χ4n) is 1.78. The van der Waals surface area contributed by atoms with Crippen LogP contribution in [0.25, 0.3) is 11.3 Å². The van der Waals surface area contributed by atoms with E-state index in [1.807, 2.05) is 13.8 Å². The van der Waals surface area contributed by atoms with Gasteiger partial charge in [0, 0.05) is 5.56 Å². The number of aromatic nitrogens is 2. The summed E-state index contributed by atoms with van der Waals surface area (Å²) in [6, 6.07) is 6.26. The molecule has 4 nitrogen and oxygen atoms in total. The van der Waals surface area contributed by atoms with Gasteiger partial charge in [0.25, 0.3) is 0 Å². The first-order chi connectivity index (χ1) is 8.54. The lowest BCUT2D eigenvalue weighted by atomic mass is 10.1. The molecule has 18 heavy (non-hydrogen) atoms. The summed E-state index contributed by atoms with van der Waals surface area (Å²) >= 11 is 1.19. The summed E-state index contributed by atoms with van der Waals surface area (Å²) in [6.45, 7) is 4.10. The third-order valence-electron chi connectivity index (χ3n) is 2.42. The summed E-state index contributed by atoms with van der Waals surface area (Å²) in [5.41, 5.74) is 4.37. The summed E-state index contributed by atoms with van der Waals surface area (Å²) in [4.78, 5) is 17.8. The number of nitrogens with one attached hydrogen (secondary N) is 1. The van der Waals surface area contributed by atoms with Gasteiger partial charge in [-0.1, -0.05) is 29.0 Å². The Balaban J connectivity index is 2.21. The highest BCUT2D eigenvalue weighted by atomic mass is 32.2. The van der Waals surface area contributed by atoms with E-state index in [4.69, 9.17) is 5.11 Å². The number of aryl methyl sites for hydroxylation is 2. The molecule has 0 aliphatic rings. The van der Waals surface area contributed by atoms with Crippen LogP contribution in [0, 0.1) is 13.8 Å². The van der Waals surface area contributed by atoms with Crippen LogP contribution < -0.4 is 0 Å². The Labute approximate surface area is 109 Å². The van der Waals surface area contributed by atoms with Crippen molar-refractivity contribution in [3.8, 4) is 11.3 Å². The third kappa shape index (κ3) is 3.13. The minimum absolute atomic E-state index is 0.0137. The van der Waals surface area contributed by atoms with Crippen LogP contribution in [0.5, 0.6) is 0 Å². The van der Waals surface area contributed by atoms with Crippen LogP contribution in [0.15, 0.2) is 29.6 Å². The largest absolute Gasteiger partial charge is 0.481 e. The molecule has 0 aliphatic carbocycles. The van der Waals surface area contributed by atoms with Crippen LogP contribution in [0.1, 0.15) is 11.1 Å². The van der Waals surface area contributed by atoms with Crippen molar-refractivity contribution in [3.05, 3.63) is 35.5 Å². The average Bonchev–Trinajstić information content (AvgIpc) is 2.73. The molecule has 0 atom stereocenters. The van der Waals surface area contributed by atoms with Gasteiger partial charge in [-0.15, -0.1) is 0 Å². The molecule has 94 valence electrons. The Hall–Kier alpha value is -1.75. The van der Waals surface area contributed by atoms with Gasteiger partial charge in [0.15, 0.2) is 5.16 Å². The first-order valence-corrected chi connectivity index (χ1v) is 6.51. The SMILES string of the molecule is Cc1cc(C)cc(-c2cnc(SCC(=O)O)[nH]2)c1. The fourth-order valence-corrected chi connectivity index (χ4v) is 2.35. The van der Waals surface area contributed by atoms with E-state index in [0.717, 1.165) is 11.3 Å². The third-order valence-corrected chi connectivity index (χ3v) is 3.29. The minimum atomic E-state index is -0.843. The van der Waals surface area contributed by atoms with Gasteiger partial charge in [-0.05, 0) is 26.0 Å². The van der Waals surface area contributed by atoms with E-state index in [1.54, 1.807) is 6.20 Å². The Morgan fingerprint density at radius 3 is 2.61 bits per heavy atom. The quantitative estimate of drug-likeness (QED) is 0.831. The maximum absolute atomic E-state index is 10.5. The molecule has 0 fully saturated rings. The zero-order valence-corrected chi connectivity index (χ0v) is 11.0. The van der Waals surface area contributed by atoms with Crippen LogP contribution in [-0.2, 0) is 4.79 Å². The van der Waals surface area contributed by atoms with Crippen molar-refractivity contribution < 1.29 is 9.90 Å². The molecule has 0 radical (unpaired) electrons. The number of carbonyl (C=O) groups is 1. The van der Waals surface area contributed by atoms with E-state index in [9.17, 15) is 4.79 Å². The zero-order chi connectivity index (χ0) is 13.1. The predicted octanol–water partition coefficient (Wildman–Crippen LogP) is 2.87. The second kappa shape index (κ2) is 5.27. The van der Waals surface area contributed by atoms with E-state index in [-0.39, 0.29) is 5.75 Å². The van der Waals surface area contributed by atoms with Gasteiger partial charge >= 0.3 is 5.97 Å². The van der Waals surface area contributed by atoms with Crippen molar-refractivity contribution in [2.24, 2.45) is 0 Å². The Morgan fingerprint density at radius 1 is 1.33 bits per heavy atom. The highest BCUT2D eigenvalue weighted by molar-refractivity contribution is 7.99. The number of H-pyrrole nitrogens is 1. The number of carboxylic acids is 1. The normalized spacial score (nSPS) is 10.6. The van der Waals surface area contributed by atoms with Gasteiger partial charge < -0.3 is 10.1 Å². The summed E-state index contributed by atoms with van der Waals surface area (Å²) in [6.07, 6.45) is 1.73. The summed E-state index contributed by atoms with van der Waals surface area (Å²) in [5.74, 6) is -0.830. The maximum atomic E-state index is 10.5. The highest BCUT2D eigenvalue weighted by Gasteiger charge is 2.06. The zero-order valence-electron chi connectivity index (χ0n) is 10.2. The average molecular weight is 262 g/mol. The van der Waals surface area contributed by atoms with E-state index in [1.165, 1.54) is 22.9 Å². The van der Waals surface area contributed by atoms with E-state index in [2.05, 4.69) is 28.2 Å². The topological polar surface area (TPSA) is 66.0 Å². The molecule has 2 N–H and O–H groups in total. The van der Waals surface area contributed by atoms with Crippen LogP contribution in [-0.4, -0.2) is 26.8 Å². The first kappa shape index (κ1) is 12.7. The highest BCUT2D eigenvalue weighted by Crippen LogP contribution is 2.23. The molecule has 0 spiro atoms. The molecule has 0 saturated heterocycles. The number of nitrogens with zero attached hydrogens (tertiary/aromatic N) is 1. The second-order valence-electron chi connectivity index (χ2n) is 4.16. The lowest BCUT2D eigenvalue weighted by Gasteiger charge is -2.02. The van der Waals surface area contributed by atoms with Gasteiger partial charge in [-0.3, -0.25) is 4.79 Å². The number of hydrogen-bond acceptors (Lipinski definition) is 3. The standard InChI is InChI=1S/C13H14N2O2S/c1-8-3-9(2)5-10(4-8)11-6-14-13(15-11)18-7-12(16)17/h3-6H,7H2,1-2H3,(H,14,15)(H,16,17). The Bertz CT molecular complexity index is 558. The van der Waals surface area contributed by atoms with Crippen molar-refractivity contribution in [1.82, 2.24) is 9.97 Å². The molecule has 0 bridgehead atoms. The molecule has 0 unspecified atom stereocenters. The van der Waals surface area contributed by atoms with Gasteiger partial charge in [0.1, 0.15) is 0 Å². The summed E-state index contributed by atoms with van der Waals surface area (Å²) in [5, 5.41) is 9.24. The number of aromatic amines is 1.